The Morgan fingerprint density at radius 2 is 2.29 bits per heavy atom. The van der Waals surface area contributed by atoms with Gasteiger partial charge in [-0.15, -0.1) is 0 Å². The first-order valence-corrected chi connectivity index (χ1v) is 6.25. The second-order valence-corrected chi connectivity index (χ2v) is 5.55. The summed E-state index contributed by atoms with van der Waals surface area (Å²) in [6.07, 6.45) is 1.23. The van der Waals surface area contributed by atoms with Crippen LogP contribution >= 0.6 is 11.8 Å². The maximum atomic E-state index is 11.5. The fourth-order valence-corrected chi connectivity index (χ4v) is 2.70. The van der Waals surface area contributed by atoms with Crippen LogP contribution in [0.4, 0.5) is 0 Å². The van der Waals surface area contributed by atoms with Gasteiger partial charge in [-0.25, -0.2) is 0 Å². The van der Waals surface area contributed by atoms with Gasteiger partial charge in [0.15, 0.2) is 0 Å². The van der Waals surface area contributed by atoms with Crippen molar-refractivity contribution in [2.75, 3.05) is 25.1 Å². The summed E-state index contributed by atoms with van der Waals surface area (Å²) in [4.78, 5) is 11.5. The highest BCUT2D eigenvalue weighted by Crippen LogP contribution is 2.19. The van der Waals surface area contributed by atoms with Gasteiger partial charge >= 0.3 is 0 Å². The van der Waals surface area contributed by atoms with Gasteiger partial charge in [0.05, 0.1) is 5.41 Å². The quantitative estimate of drug-likeness (QED) is 0.732. The molecule has 1 heterocycles. The molecule has 0 radical (unpaired) electrons. The van der Waals surface area contributed by atoms with Crippen LogP contribution in [-0.2, 0) is 4.79 Å². The fourth-order valence-electron chi connectivity index (χ4n) is 1.51. The molecule has 1 atom stereocenters. The van der Waals surface area contributed by atoms with Gasteiger partial charge in [0.1, 0.15) is 0 Å². The summed E-state index contributed by atoms with van der Waals surface area (Å²) in [5.74, 6) is 2.54. The third-order valence-electron chi connectivity index (χ3n) is 2.60. The summed E-state index contributed by atoms with van der Waals surface area (Å²) in [6, 6.07) is 0.601. The van der Waals surface area contributed by atoms with Crippen LogP contribution in [-0.4, -0.2) is 37.0 Å². The lowest BCUT2D eigenvalue weighted by Gasteiger charge is -2.24. The summed E-state index contributed by atoms with van der Waals surface area (Å²) >= 11 is 1.98. The van der Waals surface area contributed by atoms with Gasteiger partial charge < -0.3 is 10.6 Å². The number of hydrogen-bond donors (Lipinski definition) is 2. The van der Waals surface area contributed by atoms with Gasteiger partial charge in [-0.2, -0.15) is 11.8 Å². The number of thioether (sulfide) groups is 1. The van der Waals surface area contributed by atoms with Crippen LogP contribution in [0.2, 0.25) is 0 Å². The summed E-state index contributed by atoms with van der Waals surface area (Å²) < 4.78 is 0. The Bertz CT molecular complexity index is 200. The lowest BCUT2D eigenvalue weighted by molar-refractivity contribution is -0.128. The lowest BCUT2D eigenvalue weighted by Crippen LogP contribution is -2.45. The molecule has 1 aliphatic heterocycles. The number of amides is 1. The molecule has 0 aromatic rings. The molecular formula is C10H20N2OS. The third-order valence-corrected chi connectivity index (χ3v) is 3.77. The molecule has 0 aliphatic carbocycles. The standard InChI is InChI=1S/C10H20N2OS/c1-10(2,9(13)11-3)7-12-8-4-5-14-6-8/h8,12H,4-7H2,1-3H3,(H,11,13). The predicted octanol–water partition coefficient (Wildman–Crippen LogP) is 0.854. The fraction of sp³-hybridized carbons (Fsp3) is 0.900. The highest BCUT2D eigenvalue weighted by atomic mass is 32.2. The molecular weight excluding hydrogens is 196 g/mol. The third kappa shape index (κ3) is 3.17. The number of carbonyl (C=O) groups is 1. The summed E-state index contributed by atoms with van der Waals surface area (Å²) in [5, 5.41) is 6.15. The van der Waals surface area contributed by atoms with Crippen molar-refractivity contribution in [3.8, 4) is 0 Å². The van der Waals surface area contributed by atoms with Gasteiger partial charge in [-0.05, 0) is 26.0 Å². The van der Waals surface area contributed by atoms with Gasteiger partial charge in [0.25, 0.3) is 0 Å². The number of rotatable bonds is 4. The Kier molecular flexibility index (Phi) is 4.26. The van der Waals surface area contributed by atoms with E-state index >= 15 is 0 Å². The van der Waals surface area contributed by atoms with Crippen LogP contribution in [0, 0.1) is 5.41 Å². The summed E-state index contributed by atoms with van der Waals surface area (Å²) in [5.41, 5.74) is -0.304. The first-order chi connectivity index (χ1) is 6.56. The van der Waals surface area contributed by atoms with Crippen LogP contribution < -0.4 is 10.6 Å². The predicted molar refractivity (Wildman–Crippen MR) is 61.6 cm³/mol. The monoisotopic (exact) mass is 216 g/mol. The van der Waals surface area contributed by atoms with E-state index in [9.17, 15) is 4.79 Å². The Morgan fingerprint density at radius 3 is 2.79 bits per heavy atom. The van der Waals surface area contributed by atoms with Crippen LogP contribution in [0.1, 0.15) is 20.3 Å². The molecule has 0 aromatic carbocycles. The Hall–Kier alpha value is -0.220. The van der Waals surface area contributed by atoms with Crippen molar-refractivity contribution in [3.05, 3.63) is 0 Å². The highest BCUT2D eigenvalue weighted by molar-refractivity contribution is 7.99. The maximum absolute atomic E-state index is 11.5. The summed E-state index contributed by atoms with van der Waals surface area (Å²) in [7, 11) is 1.69. The normalized spacial score (nSPS) is 22.4. The van der Waals surface area contributed by atoms with E-state index in [1.54, 1.807) is 7.05 Å². The zero-order valence-corrected chi connectivity index (χ0v) is 10.0. The summed E-state index contributed by atoms with van der Waals surface area (Å²) in [6.45, 7) is 4.71. The smallest absolute Gasteiger partial charge is 0.226 e. The average molecular weight is 216 g/mol. The van der Waals surface area contributed by atoms with Gasteiger partial charge in [-0.1, -0.05) is 0 Å². The highest BCUT2D eigenvalue weighted by Gasteiger charge is 2.27. The van der Waals surface area contributed by atoms with Gasteiger partial charge in [-0.3, -0.25) is 4.79 Å². The number of hydrogen-bond acceptors (Lipinski definition) is 3. The van der Waals surface area contributed by atoms with E-state index in [1.165, 1.54) is 17.9 Å². The van der Waals surface area contributed by atoms with Crippen molar-refractivity contribution < 1.29 is 4.79 Å². The molecule has 1 rings (SSSR count). The van der Waals surface area contributed by atoms with Crippen molar-refractivity contribution in [1.82, 2.24) is 10.6 Å². The molecule has 0 saturated carbocycles. The SMILES string of the molecule is CNC(=O)C(C)(C)CNC1CCSC1. The zero-order valence-electron chi connectivity index (χ0n) is 9.22. The maximum Gasteiger partial charge on any atom is 0.226 e. The van der Waals surface area contributed by atoms with Crippen molar-refractivity contribution in [2.24, 2.45) is 5.41 Å². The molecule has 0 aromatic heterocycles. The molecule has 3 nitrogen and oxygen atoms in total. The van der Waals surface area contributed by atoms with Gasteiger partial charge in [0, 0.05) is 25.4 Å². The van der Waals surface area contributed by atoms with E-state index in [0.717, 1.165) is 6.54 Å². The van der Waals surface area contributed by atoms with E-state index in [-0.39, 0.29) is 11.3 Å². The van der Waals surface area contributed by atoms with Crippen molar-refractivity contribution in [3.63, 3.8) is 0 Å². The molecule has 1 aliphatic rings. The second-order valence-electron chi connectivity index (χ2n) is 4.40. The number of carbonyl (C=O) groups excluding carboxylic acids is 1. The Morgan fingerprint density at radius 1 is 1.57 bits per heavy atom. The average Bonchev–Trinajstić information content (AvgIpc) is 2.66. The largest absolute Gasteiger partial charge is 0.359 e. The minimum Gasteiger partial charge on any atom is -0.359 e. The Balaban J connectivity index is 2.31. The van der Waals surface area contributed by atoms with E-state index in [0.29, 0.717) is 6.04 Å². The van der Waals surface area contributed by atoms with E-state index in [4.69, 9.17) is 0 Å². The Labute approximate surface area is 90.4 Å². The lowest BCUT2D eigenvalue weighted by atomic mass is 9.92. The van der Waals surface area contributed by atoms with Crippen LogP contribution in [0.3, 0.4) is 0 Å². The molecule has 14 heavy (non-hydrogen) atoms. The first kappa shape index (κ1) is 11.9. The minimum absolute atomic E-state index is 0.107. The van der Waals surface area contributed by atoms with Crippen molar-refractivity contribution in [2.45, 2.75) is 26.3 Å². The molecule has 1 unspecified atom stereocenters. The second kappa shape index (κ2) is 5.03. The van der Waals surface area contributed by atoms with Crippen molar-refractivity contribution in [1.29, 1.82) is 0 Å². The van der Waals surface area contributed by atoms with Crippen LogP contribution in [0.25, 0.3) is 0 Å². The molecule has 1 fully saturated rings. The van der Waals surface area contributed by atoms with Crippen molar-refractivity contribution >= 4 is 17.7 Å². The molecule has 2 N–H and O–H groups in total. The molecule has 1 amide bonds. The molecule has 82 valence electrons. The van der Waals surface area contributed by atoms with E-state index in [2.05, 4.69) is 10.6 Å². The minimum atomic E-state index is -0.304. The van der Waals surface area contributed by atoms with Crippen LogP contribution in [0.5, 0.6) is 0 Å². The topological polar surface area (TPSA) is 41.1 Å². The van der Waals surface area contributed by atoms with Gasteiger partial charge in [0.2, 0.25) is 5.91 Å². The number of nitrogens with one attached hydrogen (secondary N) is 2. The van der Waals surface area contributed by atoms with E-state index in [1.807, 2.05) is 25.6 Å². The first-order valence-electron chi connectivity index (χ1n) is 5.09. The van der Waals surface area contributed by atoms with E-state index < -0.39 is 0 Å². The molecule has 0 spiro atoms. The zero-order chi connectivity index (χ0) is 10.6. The molecule has 4 heteroatoms. The van der Waals surface area contributed by atoms with Crippen LogP contribution in [0.15, 0.2) is 0 Å². The molecule has 0 bridgehead atoms. The molecule has 1 saturated heterocycles.